The Morgan fingerprint density at radius 3 is 2.11 bits per heavy atom. The summed E-state index contributed by atoms with van der Waals surface area (Å²) in [4.78, 5) is 0. The van der Waals surface area contributed by atoms with Crippen LogP contribution in [-0.2, 0) is 0 Å². The minimum Gasteiger partial charge on any atom is -0.493 e. The maximum atomic E-state index is 8.43. The Hall–Kier alpha value is -2.09. The van der Waals surface area contributed by atoms with Crippen molar-refractivity contribution in [3.63, 3.8) is 0 Å². The van der Waals surface area contributed by atoms with E-state index in [2.05, 4.69) is 6.07 Å². The van der Waals surface area contributed by atoms with Gasteiger partial charge in [-0.2, -0.15) is 5.26 Å². The van der Waals surface area contributed by atoms with Crippen LogP contribution < -0.4 is 18.9 Å². The number of nitrogens with zero attached hydrogens (tertiary/aromatic N) is 1. The van der Waals surface area contributed by atoms with Gasteiger partial charge >= 0.3 is 0 Å². The van der Waals surface area contributed by atoms with Crippen LogP contribution in [0.15, 0.2) is 12.1 Å². The van der Waals surface area contributed by atoms with Crippen LogP contribution in [-0.4, -0.2) is 27.9 Å². The highest BCUT2D eigenvalue weighted by molar-refractivity contribution is 5.55. The van der Waals surface area contributed by atoms with Crippen LogP contribution in [0.3, 0.4) is 0 Å². The number of hydrogen-bond acceptors (Lipinski definition) is 5. The van der Waals surface area contributed by atoms with Gasteiger partial charge in [0.25, 0.3) is 0 Å². The van der Waals surface area contributed by atoms with E-state index in [1.165, 1.54) is 0 Å². The van der Waals surface area contributed by atoms with Crippen molar-refractivity contribution in [3.8, 4) is 29.1 Å². The molecule has 0 atom stereocenters. The SMILES string of the molecule is COc1cc(OCCCC#N)cc(OC)c1OC. The molecule has 5 nitrogen and oxygen atoms in total. The van der Waals surface area contributed by atoms with Crippen LogP contribution in [0.2, 0.25) is 0 Å². The van der Waals surface area contributed by atoms with Crippen molar-refractivity contribution in [1.82, 2.24) is 0 Å². The number of nitriles is 1. The molecule has 0 unspecified atom stereocenters. The molecule has 1 aromatic carbocycles. The van der Waals surface area contributed by atoms with E-state index < -0.39 is 0 Å². The van der Waals surface area contributed by atoms with Crippen LogP contribution in [0.25, 0.3) is 0 Å². The summed E-state index contributed by atoms with van der Waals surface area (Å²) in [6.07, 6.45) is 1.16. The zero-order chi connectivity index (χ0) is 13.4. The summed E-state index contributed by atoms with van der Waals surface area (Å²) in [6.45, 7) is 0.478. The highest BCUT2D eigenvalue weighted by Gasteiger charge is 2.13. The van der Waals surface area contributed by atoms with Gasteiger partial charge in [0.1, 0.15) is 5.75 Å². The number of rotatable bonds is 7. The lowest BCUT2D eigenvalue weighted by Crippen LogP contribution is -2.00. The fraction of sp³-hybridized carbons (Fsp3) is 0.462. The summed E-state index contributed by atoms with van der Waals surface area (Å²) in [5, 5.41) is 8.43. The third-order valence-corrected chi connectivity index (χ3v) is 2.34. The first-order valence-electron chi connectivity index (χ1n) is 5.56. The summed E-state index contributed by atoms with van der Waals surface area (Å²) in [6, 6.07) is 5.53. The van der Waals surface area contributed by atoms with Gasteiger partial charge in [0, 0.05) is 18.6 Å². The molecule has 0 heterocycles. The normalized spacial score (nSPS) is 9.44. The molecular formula is C13H17NO4. The molecule has 5 heteroatoms. The highest BCUT2D eigenvalue weighted by atomic mass is 16.5. The van der Waals surface area contributed by atoms with Gasteiger partial charge in [0.15, 0.2) is 11.5 Å². The van der Waals surface area contributed by atoms with Crippen LogP contribution in [0.1, 0.15) is 12.8 Å². The van der Waals surface area contributed by atoms with Crippen molar-refractivity contribution in [1.29, 1.82) is 5.26 Å². The Bertz CT molecular complexity index is 400. The second-order valence-electron chi connectivity index (χ2n) is 3.47. The van der Waals surface area contributed by atoms with Crippen LogP contribution in [0.5, 0.6) is 23.0 Å². The molecule has 0 fully saturated rings. The number of benzene rings is 1. The minimum atomic E-state index is 0.477. The monoisotopic (exact) mass is 251 g/mol. The molecule has 0 aliphatic rings. The van der Waals surface area contributed by atoms with Gasteiger partial charge < -0.3 is 18.9 Å². The summed E-state index contributed by atoms with van der Waals surface area (Å²) >= 11 is 0. The predicted molar refractivity (Wildman–Crippen MR) is 66.4 cm³/mol. The Labute approximate surface area is 107 Å². The molecule has 0 amide bonds. The van der Waals surface area contributed by atoms with Crippen LogP contribution in [0, 0.1) is 11.3 Å². The van der Waals surface area contributed by atoms with Gasteiger partial charge in [-0.05, 0) is 6.42 Å². The van der Waals surface area contributed by atoms with Gasteiger partial charge in [0.05, 0.1) is 34.0 Å². The Morgan fingerprint density at radius 1 is 1.06 bits per heavy atom. The first-order valence-corrected chi connectivity index (χ1v) is 5.56. The molecule has 0 spiro atoms. The molecular weight excluding hydrogens is 234 g/mol. The van der Waals surface area contributed by atoms with Crippen molar-refractivity contribution in [2.75, 3.05) is 27.9 Å². The average molecular weight is 251 g/mol. The number of ether oxygens (including phenoxy) is 4. The summed E-state index contributed by atoms with van der Waals surface area (Å²) in [7, 11) is 4.65. The average Bonchev–Trinajstić information content (AvgIpc) is 2.42. The number of methoxy groups -OCH3 is 3. The molecule has 1 rings (SSSR count). The quantitative estimate of drug-likeness (QED) is 0.696. The van der Waals surface area contributed by atoms with Crippen molar-refractivity contribution < 1.29 is 18.9 Å². The van der Waals surface area contributed by atoms with Gasteiger partial charge in [-0.25, -0.2) is 0 Å². The first kappa shape index (κ1) is 14.0. The fourth-order valence-electron chi connectivity index (χ4n) is 1.48. The third kappa shape index (κ3) is 3.45. The van der Waals surface area contributed by atoms with Crippen molar-refractivity contribution >= 4 is 0 Å². The van der Waals surface area contributed by atoms with Gasteiger partial charge in [-0.1, -0.05) is 0 Å². The van der Waals surface area contributed by atoms with Crippen LogP contribution >= 0.6 is 0 Å². The standard InChI is InChI=1S/C13H17NO4/c1-15-11-8-10(18-7-5-4-6-14)9-12(16-2)13(11)17-3/h8-9H,4-5,7H2,1-3H3. The minimum absolute atomic E-state index is 0.477. The summed E-state index contributed by atoms with van der Waals surface area (Å²) in [5.41, 5.74) is 0. The molecule has 18 heavy (non-hydrogen) atoms. The molecule has 0 aliphatic heterocycles. The van der Waals surface area contributed by atoms with Gasteiger partial charge in [-0.15, -0.1) is 0 Å². The molecule has 0 saturated carbocycles. The lowest BCUT2D eigenvalue weighted by molar-refractivity contribution is 0.296. The van der Waals surface area contributed by atoms with E-state index in [4.69, 9.17) is 24.2 Å². The Kier molecular flexibility index (Phi) is 5.65. The predicted octanol–water partition coefficient (Wildman–Crippen LogP) is 2.39. The van der Waals surface area contributed by atoms with E-state index in [1.54, 1.807) is 33.5 Å². The highest BCUT2D eigenvalue weighted by Crippen LogP contribution is 2.40. The lowest BCUT2D eigenvalue weighted by Gasteiger charge is -2.14. The number of unbranched alkanes of at least 4 members (excludes halogenated alkanes) is 1. The van der Waals surface area contributed by atoms with E-state index in [0.29, 0.717) is 42.4 Å². The summed E-state index contributed by atoms with van der Waals surface area (Å²) in [5.74, 6) is 2.26. The van der Waals surface area contributed by atoms with E-state index in [1.807, 2.05) is 0 Å². The fourth-order valence-corrected chi connectivity index (χ4v) is 1.48. The Morgan fingerprint density at radius 2 is 1.67 bits per heavy atom. The molecule has 0 bridgehead atoms. The first-order chi connectivity index (χ1) is 8.76. The van der Waals surface area contributed by atoms with Gasteiger partial charge in [0.2, 0.25) is 5.75 Å². The molecule has 0 aromatic heterocycles. The lowest BCUT2D eigenvalue weighted by atomic mass is 10.2. The zero-order valence-electron chi connectivity index (χ0n) is 10.9. The molecule has 1 aromatic rings. The van der Waals surface area contributed by atoms with Gasteiger partial charge in [-0.3, -0.25) is 0 Å². The maximum absolute atomic E-state index is 8.43. The van der Waals surface area contributed by atoms with E-state index in [0.717, 1.165) is 0 Å². The molecule has 98 valence electrons. The topological polar surface area (TPSA) is 60.7 Å². The van der Waals surface area contributed by atoms with E-state index >= 15 is 0 Å². The maximum Gasteiger partial charge on any atom is 0.203 e. The molecule has 0 radical (unpaired) electrons. The third-order valence-electron chi connectivity index (χ3n) is 2.34. The Balaban J connectivity index is 2.83. The van der Waals surface area contributed by atoms with Crippen LogP contribution in [0.4, 0.5) is 0 Å². The van der Waals surface area contributed by atoms with Crippen molar-refractivity contribution in [2.24, 2.45) is 0 Å². The molecule has 0 saturated heterocycles. The molecule has 0 aliphatic carbocycles. The zero-order valence-corrected chi connectivity index (χ0v) is 10.9. The largest absolute Gasteiger partial charge is 0.493 e. The van der Waals surface area contributed by atoms with E-state index in [9.17, 15) is 0 Å². The summed E-state index contributed by atoms with van der Waals surface area (Å²) < 4.78 is 21.2. The smallest absolute Gasteiger partial charge is 0.203 e. The van der Waals surface area contributed by atoms with E-state index in [-0.39, 0.29) is 0 Å². The molecule has 0 N–H and O–H groups in total. The second-order valence-corrected chi connectivity index (χ2v) is 3.47. The van der Waals surface area contributed by atoms with Crippen molar-refractivity contribution in [2.45, 2.75) is 12.8 Å². The van der Waals surface area contributed by atoms with Crippen molar-refractivity contribution in [3.05, 3.63) is 12.1 Å². The number of hydrogen-bond donors (Lipinski definition) is 0. The second kappa shape index (κ2) is 7.28.